The van der Waals surface area contributed by atoms with Crippen LogP contribution in [0, 0.1) is 6.92 Å². The molecule has 0 saturated carbocycles. The van der Waals surface area contributed by atoms with Gasteiger partial charge in [-0.2, -0.15) is 13.2 Å². The molecule has 28 heavy (non-hydrogen) atoms. The Kier molecular flexibility index (Phi) is 6.00. The molecule has 0 bridgehead atoms. The molecule has 0 fully saturated rings. The summed E-state index contributed by atoms with van der Waals surface area (Å²) in [5.41, 5.74) is 0.816. The van der Waals surface area contributed by atoms with Crippen LogP contribution < -0.4 is 4.31 Å². The number of hydrogen-bond acceptors (Lipinski definition) is 3. The minimum absolute atomic E-state index is 0.000962. The summed E-state index contributed by atoms with van der Waals surface area (Å²) < 4.78 is 66.2. The number of benzene rings is 2. The molecule has 0 atom stereocenters. The van der Waals surface area contributed by atoms with Gasteiger partial charge in [0.15, 0.2) is 0 Å². The normalized spacial score (nSPS) is 12.4. The zero-order chi connectivity index (χ0) is 20.4. The van der Waals surface area contributed by atoms with Gasteiger partial charge in [-0.3, -0.25) is 4.31 Å². The molecule has 3 nitrogen and oxygen atoms in total. The van der Waals surface area contributed by atoms with Crippen LogP contribution in [0.3, 0.4) is 0 Å². The van der Waals surface area contributed by atoms with Crippen LogP contribution in [0.15, 0.2) is 59.5 Å². The largest absolute Gasteiger partial charge is 0.389 e. The highest BCUT2D eigenvalue weighted by Gasteiger charge is 2.29. The highest BCUT2D eigenvalue weighted by molar-refractivity contribution is 7.93. The van der Waals surface area contributed by atoms with Crippen molar-refractivity contribution >= 4 is 36.4 Å². The average molecular weight is 428 g/mol. The van der Waals surface area contributed by atoms with Gasteiger partial charge in [0.25, 0.3) is 10.0 Å². The molecule has 0 aliphatic heterocycles. The van der Waals surface area contributed by atoms with Gasteiger partial charge in [0, 0.05) is 17.7 Å². The van der Waals surface area contributed by atoms with Gasteiger partial charge >= 0.3 is 6.18 Å². The quantitative estimate of drug-likeness (QED) is 0.425. The van der Waals surface area contributed by atoms with Gasteiger partial charge in [0.2, 0.25) is 0 Å². The SMILES string of the molecule is Cc1c(N(CCCCC(F)(F)F)S(=O)(=O)c2ccccc2)sc2ccccc12. The molecule has 0 aliphatic carbocycles. The van der Waals surface area contributed by atoms with Crippen LogP contribution in [-0.4, -0.2) is 21.1 Å². The zero-order valence-electron chi connectivity index (χ0n) is 15.2. The van der Waals surface area contributed by atoms with Crippen molar-refractivity contribution in [2.45, 2.75) is 37.3 Å². The van der Waals surface area contributed by atoms with E-state index < -0.39 is 22.6 Å². The molecule has 0 amide bonds. The van der Waals surface area contributed by atoms with E-state index in [0.717, 1.165) is 15.6 Å². The lowest BCUT2D eigenvalue weighted by atomic mass is 10.2. The van der Waals surface area contributed by atoms with E-state index in [1.165, 1.54) is 27.8 Å². The summed E-state index contributed by atoms with van der Waals surface area (Å²) in [4.78, 5) is 0.127. The average Bonchev–Trinajstić information content (AvgIpc) is 2.98. The first-order chi connectivity index (χ1) is 13.2. The number of halogens is 3. The smallest absolute Gasteiger partial charge is 0.257 e. The molecular weight excluding hydrogens is 407 g/mol. The van der Waals surface area contributed by atoms with Crippen molar-refractivity contribution in [1.29, 1.82) is 0 Å². The number of thiophene rings is 1. The summed E-state index contributed by atoms with van der Waals surface area (Å²) in [6.07, 6.45) is -5.15. The van der Waals surface area contributed by atoms with Gasteiger partial charge in [-0.15, -0.1) is 11.3 Å². The summed E-state index contributed by atoms with van der Waals surface area (Å²) in [5.74, 6) is 0. The molecule has 0 unspecified atom stereocenters. The molecule has 0 saturated heterocycles. The van der Waals surface area contributed by atoms with E-state index in [0.29, 0.717) is 5.00 Å². The molecule has 1 aromatic heterocycles. The summed E-state index contributed by atoms with van der Waals surface area (Å²) in [6.45, 7) is 1.85. The number of sulfonamides is 1. The van der Waals surface area contributed by atoms with Crippen molar-refractivity contribution in [3.63, 3.8) is 0 Å². The maximum atomic E-state index is 13.3. The third-order valence-electron chi connectivity index (χ3n) is 4.45. The summed E-state index contributed by atoms with van der Waals surface area (Å²) in [7, 11) is -3.88. The number of aryl methyl sites for hydroxylation is 1. The van der Waals surface area contributed by atoms with Crippen LogP contribution in [0.4, 0.5) is 18.2 Å². The van der Waals surface area contributed by atoms with E-state index in [9.17, 15) is 21.6 Å². The Hall–Kier alpha value is -2.06. The van der Waals surface area contributed by atoms with Crippen molar-refractivity contribution in [3.8, 4) is 0 Å². The van der Waals surface area contributed by atoms with Crippen LogP contribution in [0.5, 0.6) is 0 Å². The Balaban J connectivity index is 1.98. The van der Waals surface area contributed by atoms with E-state index in [1.54, 1.807) is 18.2 Å². The van der Waals surface area contributed by atoms with Gasteiger partial charge in [0.1, 0.15) is 5.00 Å². The predicted molar refractivity (Wildman–Crippen MR) is 107 cm³/mol. The Labute approximate surface area is 166 Å². The van der Waals surface area contributed by atoms with Crippen molar-refractivity contribution in [2.24, 2.45) is 0 Å². The van der Waals surface area contributed by atoms with E-state index >= 15 is 0 Å². The number of anilines is 1. The molecule has 2 aromatic carbocycles. The highest BCUT2D eigenvalue weighted by Crippen LogP contribution is 2.40. The first-order valence-corrected chi connectivity index (χ1v) is 11.1. The molecule has 8 heteroatoms. The van der Waals surface area contributed by atoms with Crippen LogP contribution in [-0.2, 0) is 10.0 Å². The lowest BCUT2D eigenvalue weighted by molar-refractivity contribution is -0.135. The van der Waals surface area contributed by atoms with Crippen molar-refractivity contribution in [2.75, 3.05) is 10.8 Å². The van der Waals surface area contributed by atoms with Crippen molar-refractivity contribution < 1.29 is 21.6 Å². The molecule has 3 rings (SSSR count). The van der Waals surface area contributed by atoms with E-state index in [4.69, 9.17) is 0 Å². The monoisotopic (exact) mass is 427 g/mol. The number of rotatable bonds is 7. The summed E-state index contributed by atoms with van der Waals surface area (Å²) in [6, 6.07) is 15.6. The maximum Gasteiger partial charge on any atom is 0.389 e. The van der Waals surface area contributed by atoms with Gasteiger partial charge in [0.05, 0.1) is 4.90 Å². The second-order valence-corrected chi connectivity index (χ2v) is 9.38. The number of unbranched alkanes of at least 4 members (excludes halogenated alkanes) is 1. The van der Waals surface area contributed by atoms with Gasteiger partial charge < -0.3 is 0 Å². The first kappa shape index (κ1) is 20.7. The molecule has 0 spiro atoms. The standard InChI is InChI=1S/C20H20F3NO2S2/c1-15-17-11-5-6-12-18(17)27-19(15)24(14-8-7-13-20(21,22)23)28(25,26)16-9-3-2-4-10-16/h2-6,9-12H,7-8,13-14H2,1H3. The number of nitrogens with zero attached hydrogens (tertiary/aromatic N) is 1. The van der Waals surface area contributed by atoms with Crippen molar-refractivity contribution in [1.82, 2.24) is 0 Å². The second-order valence-electron chi connectivity index (χ2n) is 6.49. The fraction of sp³-hybridized carbons (Fsp3) is 0.300. The Morgan fingerprint density at radius 2 is 1.61 bits per heavy atom. The number of fused-ring (bicyclic) bond motifs is 1. The van der Waals surface area contributed by atoms with Crippen LogP contribution in [0.25, 0.3) is 10.1 Å². The van der Waals surface area contributed by atoms with Crippen LogP contribution in [0.2, 0.25) is 0 Å². The number of alkyl halides is 3. The van der Waals surface area contributed by atoms with Gasteiger partial charge in [-0.25, -0.2) is 8.42 Å². The minimum atomic E-state index is -4.24. The molecular formula is C20H20F3NO2S2. The fourth-order valence-corrected chi connectivity index (χ4v) is 6.06. The minimum Gasteiger partial charge on any atom is -0.257 e. The first-order valence-electron chi connectivity index (χ1n) is 8.83. The van der Waals surface area contributed by atoms with E-state index in [1.807, 2.05) is 31.2 Å². The van der Waals surface area contributed by atoms with Crippen LogP contribution in [0.1, 0.15) is 24.8 Å². The van der Waals surface area contributed by atoms with Gasteiger partial charge in [-0.1, -0.05) is 36.4 Å². The molecule has 0 N–H and O–H groups in total. The fourth-order valence-electron chi connectivity index (χ4n) is 3.03. The maximum absolute atomic E-state index is 13.3. The molecule has 0 radical (unpaired) electrons. The molecule has 1 heterocycles. The van der Waals surface area contributed by atoms with Crippen LogP contribution >= 0.6 is 11.3 Å². The molecule has 0 aliphatic rings. The van der Waals surface area contributed by atoms with E-state index in [2.05, 4.69) is 0 Å². The lowest BCUT2D eigenvalue weighted by Crippen LogP contribution is -2.32. The third kappa shape index (κ3) is 4.50. The lowest BCUT2D eigenvalue weighted by Gasteiger charge is -2.24. The third-order valence-corrected chi connectivity index (χ3v) is 7.67. The van der Waals surface area contributed by atoms with Gasteiger partial charge in [-0.05, 0) is 48.9 Å². The summed E-state index contributed by atoms with van der Waals surface area (Å²) in [5, 5.41) is 1.50. The molecule has 3 aromatic rings. The Bertz CT molecular complexity index is 1040. The summed E-state index contributed by atoms with van der Waals surface area (Å²) >= 11 is 1.34. The zero-order valence-corrected chi connectivity index (χ0v) is 16.9. The van der Waals surface area contributed by atoms with Crippen molar-refractivity contribution in [3.05, 3.63) is 60.2 Å². The molecule has 150 valence electrons. The second kappa shape index (κ2) is 8.13. The topological polar surface area (TPSA) is 37.4 Å². The van der Waals surface area contributed by atoms with E-state index in [-0.39, 0.29) is 24.3 Å². The predicted octanol–water partition coefficient (Wildman–Crippen LogP) is 6.14. The Morgan fingerprint density at radius 3 is 2.25 bits per heavy atom. The number of hydrogen-bond donors (Lipinski definition) is 0. The highest BCUT2D eigenvalue weighted by atomic mass is 32.2. The Morgan fingerprint density at radius 1 is 0.964 bits per heavy atom.